The molecule has 8 heteroatoms. The smallest absolute Gasteiger partial charge is 0.161 e. The van der Waals surface area contributed by atoms with Crippen molar-refractivity contribution in [2.45, 2.75) is 46.2 Å². The number of nitrogens with zero attached hydrogens (tertiary/aromatic N) is 4. The van der Waals surface area contributed by atoms with E-state index in [1.807, 2.05) is 45.8 Å². The summed E-state index contributed by atoms with van der Waals surface area (Å²) in [5, 5.41) is 15.7. The molecule has 0 aliphatic carbocycles. The van der Waals surface area contributed by atoms with E-state index in [1.165, 1.54) is 22.4 Å². The van der Waals surface area contributed by atoms with Gasteiger partial charge in [0, 0.05) is 42.6 Å². The predicted octanol–water partition coefficient (Wildman–Crippen LogP) is 5.66. The molecule has 2 aliphatic rings. The van der Waals surface area contributed by atoms with Crippen molar-refractivity contribution in [1.82, 2.24) is 19.2 Å². The van der Waals surface area contributed by atoms with Crippen molar-refractivity contribution in [3.8, 4) is 22.9 Å². The number of methoxy groups -OCH3 is 2. The van der Waals surface area contributed by atoms with E-state index in [0.717, 1.165) is 65.3 Å². The largest absolute Gasteiger partial charge is 0.497 e. The number of aliphatic hydroxyl groups is 1. The van der Waals surface area contributed by atoms with E-state index in [4.69, 9.17) is 14.2 Å². The second-order valence-electron chi connectivity index (χ2n) is 10.4. The quantitative estimate of drug-likeness (QED) is 0.281. The molecule has 41 heavy (non-hydrogen) atoms. The van der Waals surface area contributed by atoms with Gasteiger partial charge in [0.1, 0.15) is 19.1 Å². The molecule has 0 spiro atoms. The summed E-state index contributed by atoms with van der Waals surface area (Å²) in [5.41, 5.74) is 8.21. The van der Waals surface area contributed by atoms with Gasteiger partial charge < -0.3 is 23.9 Å². The zero-order chi connectivity index (χ0) is 27.2. The first-order chi connectivity index (χ1) is 19.7. The van der Waals surface area contributed by atoms with Gasteiger partial charge in [-0.2, -0.15) is 5.10 Å². The summed E-state index contributed by atoms with van der Waals surface area (Å²) >= 11 is 0. The van der Waals surface area contributed by atoms with Gasteiger partial charge in [-0.25, -0.2) is 4.68 Å². The van der Waals surface area contributed by atoms with Crippen molar-refractivity contribution < 1.29 is 19.3 Å². The fraction of sp³-hybridized carbons (Fsp3) is 0.303. The average Bonchev–Trinajstić information content (AvgIpc) is 3.65. The van der Waals surface area contributed by atoms with Crippen molar-refractivity contribution in [1.29, 1.82) is 0 Å². The van der Waals surface area contributed by atoms with Crippen LogP contribution in [-0.4, -0.2) is 45.1 Å². The van der Waals surface area contributed by atoms with Crippen LogP contribution in [0.4, 0.5) is 0 Å². The van der Waals surface area contributed by atoms with E-state index in [-0.39, 0.29) is 20.2 Å². The highest BCUT2D eigenvalue weighted by atomic mass is 16.5. The lowest BCUT2D eigenvalue weighted by molar-refractivity contribution is 0.145. The van der Waals surface area contributed by atoms with Crippen LogP contribution < -0.4 is 14.2 Å². The van der Waals surface area contributed by atoms with Gasteiger partial charge in [-0.3, -0.25) is 4.90 Å². The summed E-state index contributed by atoms with van der Waals surface area (Å²) in [6, 6.07) is 20.8. The molecular formula is C33H36N4O4. The van der Waals surface area contributed by atoms with Crippen molar-refractivity contribution >= 4 is 10.9 Å². The zero-order valence-corrected chi connectivity index (χ0v) is 22.7. The van der Waals surface area contributed by atoms with Gasteiger partial charge in [0.15, 0.2) is 11.5 Å². The van der Waals surface area contributed by atoms with Crippen LogP contribution >= 0.6 is 0 Å². The Labute approximate surface area is 240 Å². The molecule has 0 radical (unpaired) electrons. The third kappa shape index (κ3) is 4.63. The molecule has 7 rings (SSSR count). The lowest BCUT2D eigenvalue weighted by Gasteiger charge is -2.41. The Morgan fingerprint density at radius 3 is 2.59 bits per heavy atom. The summed E-state index contributed by atoms with van der Waals surface area (Å²) in [5.74, 6) is 2.35. The fourth-order valence-electron chi connectivity index (χ4n) is 6.33. The van der Waals surface area contributed by atoms with E-state index in [9.17, 15) is 5.11 Å². The highest BCUT2D eigenvalue weighted by molar-refractivity contribution is 5.87. The van der Waals surface area contributed by atoms with Gasteiger partial charge in [-0.1, -0.05) is 19.6 Å². The van der Waals surface area contributed by atoms with E-state index in [2.05, 4.69) is 40.3 Å². The van der Waals surface area contributed by atoms with Crippen LogP contribution in [0.2, 0.25) is 0 Å². The molecule has 1 atom stereocenters. The van der Waals surface area contributed by atoms with Crippen LogP contribution in [0.5, 0.6) is 17.2 Å². The van der Waals surface area contributed by atoms with Crippen molar-refractivity contribution in [3.05, 3.63) is 101 Å². The molecule has 4 heterocycles. The van der Waals surface area contributed by atoms with Crippen LogP contribution in [0, 0.1) is 0 Å². The molecule has 3 aromatic carbocycles. The zero-order valence-electron chi connectivity index (χ0n) is 22.7. The summed E-state index contributed by atoms with van der Waals surface area (Å²) in [6.07, 6.45) is 5.51. The van der Waals surface area contributed by atoms with Gasteiger partial charge in [-0.15, -0.1) is 0 Å². The Bertz CT molecular complexity index is 1670. The molecule has 0 saturated heterocycles. The number of fused-ring (bicyclic) bond motifs is 6. The first-order valence-electron chi connectivity index (χ1n) is 13.6. The van der Waals surface area contributed by atoms with Crippen LogP contribution in [0.1, 0.15) is 41.4 Å². The van der Waals surface area contributed by atoms with E-state index >= 15 is 0 Å². The second-order valence-corrected chi connectivity index (χ2v) is 10.4. The van der Waals surface area contributed by atoms with Gasteiger partial charge in [0.05, 0.1) is 25.4 Å². The van der Waals surface area contributed by atoms with Crippen LogP contribution in [0.3, 0.4) is 0 Å². The lowest BCUT2D eigenvalue weighted by Crippen LogP contribution is -2.39. The molecule has 0 fully saturated rings. The number of ether oxygens (including phenoxy) is 3. The molecule has 0 saturated carbocycles. The van der Waals surface area contributed by atoms with Gasteiger partial charge in [-0.05, 0) is 83.6 Å². The second kappa shape index (κ2) is 11.0. The summed E-state index contributed by atoms with van der Waals surface area (Å²) in [7, 11) is 3.40. The third-order valence-corrected chi connectivity index (χ3v) is 8.38. The maximum Gasteiger partial charge on any atom is 0.161 e. The molecule has 0 bridgehead atoms. The number of aromatic nitrogens is 3. The molecule has 0 amide bonds. The number of hydrogen-bond acceptors (Lipinski definition) is 6. The Balaban J connectivity index is 0.00000302. The highest BCUT2D eigenvalue weighted by Crippen LogP contribution is 2.45. The van der Waals surface area contributed by atoms with Crippen molar-refractivity contribution in [2.75, 3.05) is 20.8 Å². The van der Waals surface area contributed by atoms with Crippen molar-refractivity contribution in [3.63, 3.8) is 0 Å². The third-order valence-electron chi connectivity index (χ3n) is 8.38. The minimum atomic E-state index is -0.0340. The van der Waals surface area contributed by atoms with Crippen LogP contribution in [0.15, 0.2) is 73.1 Å². The van der Waals surface area contributed by atoms with Gasteiger partial charge in [0.25, 0.3) is 0 Å². The minimum absolute atomic E-state index is 0. The SMILES string of the molecule is C.COc1ccc2c(c1)c1c(n2CO)CN2CCc3cc(OCc4ccc(-n5cccn5)cc4)c(OC)cc3C2C1. The monoisotopic (exact) mass is 552 g/mol. The fourth-order valence-corrected chi connectivity index (χ4v) is 6.33. The lowest BCUT2D eigenvalue weighted by atomic mass is 9.85. The molecule has 1 unspecified atom stereocenters. The number of rotatable bonds is 7. The Morgan fingerprint density at radius 1 is 1.00 bits per heavy atom. The van der Waals surface area contributed by atoms with E-state index in [1.54, 1.807) is 20.4 Å². The van der Waals surface area contributed by atoms with Gasteiger partial charge >= 0.3 is 0 Å². The summed E-state index contributed by atoms with van der Waals surface area (Å²) in [6.45, 7) is 2.17. The number of hydrogen-bond donors (Lipinski definition) is 1. The molecule has 5 aromatic rings. The van der Waals surface area contributed by atoms with Crippen LogP contribution in [0.25, 0.3) is 16.6 Å². The van der Waals surface area contributed by atoms with E-state index in [0.29, 0.717) is 6.61 Å². The standard InChI is InChI=1S/C32H32N4O4.CH4/c1-38-24-8-9-28-26(15-24)27-16-29-25-17-31(39-2)32(14-22(25)10-13-34(29)18-30(27)35(28)20-37)40-19-21-4-6-23(7-5-21)36-12-3-11-33-36;/h3-9,11-12,14-15,17,29,37H,10,13,16,18-20H2,1-2H3;1H4. The predicted molar refractivity (Wildman–Crippen MR) is 159 cm³/mol. The molecule has 8 nitrogen and oxygen atoms in total. The van der Waals surface area contributed by atoms with E-state index < -0.39 is 0 Å². The minimum Gasteiger partial charge on any atom is -0.497 e. The highest BCUT2D eigenvalue weighted by Gasteiger charge is 2.36. The van der Waals surface area contributed by atoms with Gasteiger partial charge in [0.2, 0.25) is 0 Å². The topological polar surface area (TPSA) is 73.9 Å². The normalized spacial score (nSPS) is 15.9. The molecule has 1 N–H and O–H groups in total. The van der Waals surface area contributed by atoms with Crippen LogP contribution in [-0.2, 0) is 32.7 Å². The Hall–Kier alpha value is -4.27. The van der Waals surface area contributed by atoms with Crippen molar-refractivity contribution in [2.24, 2.45) is 0 Å². The number of benzene rings is 3. The Morgan fingerprint density at radius 2 is 1.85 bits per heavy atom. The Kier molecular flexibility index (Phi) is 7.19. The maximum absolute atomic E-state index is 10.2. The molecule has 212 valence electrons. The molecule has 2 aliphatic heterocycles. The first kappa shape index (κ1) is 26.9. The maximum atomic E-state index is 10.2. The molecule has 2 aromatic heterocycles. The summed E-state index contributed by atoms with van der Waals surface area (Å²) in [4.78, 5) is 2.52. The number of aliphatic hydroxyl groups excluding tert-OH is 1. The first-order valence-corrected chi connectivity index (χ1v) is 13.6. The average molecular weight is 553 g/mol. The molecular weight excluding hydrogens is 516 g/mol. The summed E-state index contributed by atoms with van der Waals surface area (Å²) < 4.78 is 21.5.